The van der Waals surface area contributed by atoms with Gasteiger partial charge in [-0.1, -0.05) is 47.0 Å². The molecular formula is C18H16Cl2N2O2. The fraction of sp³-hybridized carbons (Fsp3) is 0.222. The van der Waals surface area contributed by atoms with E-state index in [1.165, 1.54) is 9.80 Å². The summed E-state index contributed by atoms with van der Waals surface area (Å²) in [6.07, 6.45) is 0. The molecule has 3 rings (SSSR count). The molecule has 6 heteroatoms. The molecule has 1 saturated heterocycles. The van der Waals surface area contributed by atoms with Gasteiger partial charge in [-0.2, -0.15) is 0 Å². The lowest BCUT2D eigenvalue weighted by atomic mass is 10.2. The lowest BCUT2D eigenvalue weighted by Crippen LogP contribution is -2.33. The van der Waals surface area contributed by atoms with Crippen LogP contribution in [-0.2, 0) is 11.3 Å². The van der Waals surface area contributed by atoms with Crippen LogP contribution in [0.15, 0.2) is 42.5 Å². The van der Waals surface area contributed by atoms with Crippen molar-refractivity contribution < 1.29 is 9.59 Å². The van der Waals surface area contributed by atoms with Crippen LogP contribution in [0.5, 0.6) is 0 Å². The number of carbonyl (C=O) groups is 2. The van der Waals surface area contributed by atoms with Crippen molar-refractivity contribution in [1.82, 2.24) is 4.90 Å². The number of anilines is 1. The Morgan fingerprint density at radius 3 is 2.29 bits per heavy atom. The summed E-state index contributed by atoms with van der Waals surface area (Å²) in [5.41, 5.74) is 2.56. The number of benzene rings is 2. The van der Waals surface area contributed by atoms with E-state index in [9.17, 15) is 9.59 Å². The van der Waals surface area contributed by atoms with Crippen molar-refractivity contribution in [3.8, 4) is 0 Å². The van der Waals surface area contributed by atoms with Gasteiger partial charge in [-0.3, -0.25) is 14.6 Å². The maximum Gasteiger partial charge on any atom is 0.332 e. The molecule has 2 aromatic carbocycles. The summed E-state index contributed by atoms with van der Waals surface area (Å²) in [6.45, 7) is 3.87. The first kappa shape index (κ1) is 16.8. The summed E-state index contributed by atoms with van der Waals surface area (Å²) >= 11 is 11.9. The van der Waals surface area contributed by atoms with E-state index in [4.69, 9.17) is 23.2 Å². The van der Waals surface area contributed by atoms with Crippen molar-refractivity contribution in [3.05, 3.63) is 63.6 Å². The van der Waals surface area contributed by atoms with E-state index in [0.717, 1.165) is 11.1 Å². The first-order chi connectivity index (χ1) is 11.4. The predicted molar refractivity (Wildman–Crippen MR) is 95.5 cm³/mol. The fourth-order valence-electron chi connectivity index (χ4n) is 2.73. The number of rotatable bonds is 3. The maximum absolute atomic E-state index is 12.7. The number of imide groups is 1. The molecule has 1 aliphatic heterocycles. The highest BCUT2D eigenvalue weighted by molar-refractivity contribution is 6.42. The van der Waals surface area contributed by atoms with Crippen molar-refractivity contribution in [2.24, 2.45) is 0 Å². The molecule has 124 valence electrons. The normalized spacial score (nSPS) is 17.8. The Bertz CT molecular complexity index is 805. The number of hydrogen-bond acceptors (Lipinski definition) is 2. The zero-order chi connectivity index (χ0) is 17.4. The van der Waals surface area contributed by atoms with Gasteiger partial charge >= 0.3 is 6.03 Å². The quantitative estimate of drug-likeness (QED) is 0.745. The second-order valence-electron chi connectivity index (χ2n) is 5.84. The molecule has 3 amide bonds. The zero-order valence-corrected chi connectivity index (χ0v) is 14.8. The Labute approximate surface area is 150 Å². The van der Waals surface area contributed by atoms with Crippen LogP contribution in [0.2, 0.25) is 10.0 Å². The number of hydrogen-bond donors (Lipinski definition) is 0. The molecule has 0 N–H and O–H groups in total. The first-order valence-electron chi connectivity index (χ1n) is 7.53. The minimum Gasteiger partial charge on any atom is -0.282 e. The lowest BCUT2D eigenvalue weighted by molar-refractivity contribution is -0.127. The molecule has 0 bridgehead atoms. The van der Waals surface area contributed by atoms with Crippen molar-refractivity contribution in [1.29, 1.82) is 0 Å². The van der Waals surface area contributed by atoms with Crippen molar-refractivity contribution in [2.75, 3.05) is 4.90 Å². The highest BCUT2D eigenvalue weighted by atomic mass is 35.5. The van der Waals surface area contributed by atoms with Gasteiger partial charge in [-0.25, -0.2) is 4.79 Å². The molecule has 0 unspecified atom stereocenters. The SMILES string of the molecule is Cc1ccc(N2C(=O)N(Cc3ccc(Cl)c(Cl)c3)C(=O)[C@@H]2C)cc1. The Morgan fingerprint density at radius 2 is 1.67 bits per heavy atom. The third-order valence-corrected chi connectivity index (χ3v) is 4.82. The summed E-state index contributed by atoms with van der Waals surface area (Å²) in [6, 6.07) is 11.7. The number of carbonyl (C=O) groups excluding carboxylic acids is 2. The average molecular weight is 363 g/mol. The molecule has 1 heterocycles. The largest absolute Gasteiger partial charge is 0.332 e. The summed E-state index contributed by atoms with van der Waals surface area (Å²) in [4.78, 5) is 28.0. The number of halogens is 2. The molecule has 1 fully saturated rings. The minimum absolute atomic E-state index is 0.168. The highest BCUT2D eigenvalue weighted by Crippen LogP contribution is 2.28. The van der Waals surface area contributed by atoms with Crippen molar-refractivity contribution in [3.63, 3.8) is 0 Å². The van der Waals surface area contributed by atoms with E-state index in [0.29, 0.717) is 15.7 Å². The van der Waals surface area contributed by atoms with Crippen LogP contribution in [0.4, 0.5) is 10.5 Å². The van der Waals surface area contributed by atoms with Gasteiger partial charge in [0, 0.05) is 5.69 Å². The minimum atomic E-state index is -0.539. The standard InChI is InChI=1S/C18H16Cl2N2O2/c1-11-3-6-14(7-4-11)22-12(2)17(23)21(18(22)24)10-13-5-8-15(19)16(20)9-13/h3-9,12H,10H2,1-2H3/t12-/m0/s1. The molecule has 1 atom stereocenters. The Balaban J connectivity index is 1.87. The Morgan fingerprint density at radius 1 is 1.00 bits per heavy atom. The highest BCUT2D eigenvalue weighted by Gasteiger charge is 2.43. The number of nitrogens with zero attached hydrogens (tertiary/aromatic N) is 2. The summed E-state index contributed by atoms with van der Waals surface area (Å²) in [7, 11) is 0. The van der Waals surface area contributed by atoms with Gasteiger partial charge in [-0.15, -0.1) is 0 Å². The van der Waals surface area contributed by atoms with Crippen LogP contribution < -0.4 is 4.90 Å². The van der Waals surface area contributed by atoms with Gasteiger partial charge in [0.1, 0.15) is 6.04 Å². The van der Waals surface area contributed by atoms with Gasteiger partial charge in [0.15, 0.2) is 0 Å². The smallest absolute Gasteiger partial charge is 0.282 e. The molecule has 1 aliphatic rings. The van der Waals surface area contributed by atoms with Crippen LogP contribution in [0.1, 0.15) is 18.1 Å². The van der Waals surface area contributed by atoms with Gasteiger partial charge < -0.3 is 0 Å². The monoisotopic (exact) mass is 362 g/mol. The van der Waals surface area contributed by atoms with E-state index in [2.05, 4.69) is 0 Å². The molecular weight excluding hydrogens is 347 g/mol. The van der Waals surface area contributed by atoms with Crippen LogP contribution in [-0.4, -0.2) is 22.9 Å². The predicted octanol–water partition coefficient (Wildman–Crippen LogP) is 4.66. The van der Waals surface area contributed by atoms with Gasteiger partial charge in [-0.05, 0) is 43.7 Å². The molecule has 24 heavy (non-hydrogen) atoms. The molecule has 0 radical (unpaired) electrons. The van der Waals surface area contributed by atoms with E-state index < -0.39 is 6.04 Å². The van der Waals surface area contributed by atoms with Crippen molar-refractivity contribution in [2.45, 2.75) is 26.4 Å². The van der Waals surface area contributed by atoms with E-state index in [-0.39, 0.29) is 18.5 Å². The second kappa shape index (κ2) is 6.46. The summed E-state index contributed by atoms with van der Waals surface area (Å²) in [5.74, 6) is -0.230. The van der Waals surface area contributed by atoms with E-state index >= 15 is 0 Å². The van der Waals surface area contributed by atoms with Gasteiger partial charge in [0.05, 0.1) is 16.6 Å². The number of urea groups is 1. The molecule has 0 aliphatic carbocycles. The third-order valence-electron chi connectivity index (χ3n) is 4.08. The summed E-state index contributed by atoms with van der Waals surface area (Å²) < 4.78 is 0. The van der Waals surface area contributed by atoms with E-state index in [1.54, 1.807) is 25.1 Å². The molecule has 0 spiro atoms. The molecule has 2 aromatic rings. The maximum atomic E-state index is 12.7. The average Bonchev–Trinajstić information content (AvgIpc) is 2.76. The Hall–Kier alpha value is -2.04. The topological polar surface area (TPSA) is 40.6 Å². The fourth-order valence-corrected chi connectivity index (χ4v) is 3.05. The molecule has 4 nitrogen and oxygen atoms in total. The van der Waals surface area contributed by atoms with Gasteiger partial charge in [0.25, 0.3) is 5.91 Å². The molecule has 0 aromatic heterocycles. The van der Waals surface area contributed by atoms with E-state index in [1.807, 2.05) is 31.2 Å². The van der Waals surface area contributed by atoms with Crippen LogP contribution >= 0.6 is 23.2 Å². The van der Waals surface area contributed by atoms with Gasteiger partial charge in [0.2, 0.25) is 0 Å². The summed E-state index contributed by atoms with van der Waals surface area (Å²) in [5, 5.41) is 0.839. The number of aryl methyl sites for hydroxylation is 1. The first-order valence-corrected chi connectivity index (χ1v) is 8.29. The Kier molecular flexibility index (Phi) is 4.52. The van der Waals surface area contributed by atoms with Crippen molar-refractivity contribution >= 4 is 40.8 Å². The second-order valence-corrected chi connectivity index (χ2v) is 6.65. The number of amides is 3. The molecule has 0 saturated carbocycles. The van der Waals surface area contributed by atoms with Crippen LogP contribution in [0.3, 0.4) is 0 Å². The lowest BCUT2D eigenvalue weighted by Gasteiger charge is -2.19. The van der Waals surface area contributed by atoms with Crippen LogP contribution in [0, 0.1) is 6.92 Å². The third kappa shape index (κ3) is 2.99. The van der Waals surface area contributed by atoms with Crippen LogP contribution in [0.25, 0.3) is 0 Å². The zero-order valence-electron chi connectivity index (χ0n) is 13.3.